The zero-order chi connectivity index (χ0) is 18.5. The number of aryl methyl sites for hydroxylation is 1. The van der Waals surface area contributed by atoms with Crippen molar-refractivity contribution in [1.29, 1.82) is 0 Å². The van der Waals surface area contributed by atoms with E-state index in [1.807, 2.05) is 55.5 Å². The number of hydrogen-bond donors (Lipinski definition) is 2. The summed E-state index contributed by atoms with van der Waals surface area (Å²) in [7, 11) is 1.58. The highest BCUT2D eigenvalue weighted by Crippen LogP contribution is 2.26. The summed E-state index contributed by atoms with van der Waals surface area (Å²) in [6.45, 7) is 2.03. The lowest BCUT2D eigenvalue weighted by Crippen LogP contribution is -2.18. The molecule has 0 unspecified atom stereocenters. The van der Waals surface area contributed by atoms with Gasteiger partial charge in [-0.15, -0.1) is 9.32 Å². The molecule has 0 aliphatic heterocycles. The fraction of sp³-hybridized carbons (Fsp3) is 0.111. The Kier molecular flexibility index (Phi) is 5.69. The van der Waals surface area contributed by atoms with Gasteiger partial charge in [0.25, 0.3) is 5.91 Å². The van der Waals surface area contributed by atoms with Crippen LogP contribution in [0.3, 0.4) is 0 Å². The van der Waals surface area contributed by atoms with Gasteiger partial charge in [-0.3, -0.25) is 4.79 Å². The average Bonchev–Trinajstić information content (AvgIpc) is 3.12. The molecule has 134 valence electrons. The molecule has 0 aliphatic carbocycles. The molecule has 26 heavy (non-hydrogen) atoms. The van der Waals surface area contributed by atoms with Gasteiger partial charge in [-0.2, -0.15) is 11.0 Å². The van der Waals surface area contributed by atoms with Gasteiger partial charge in [0, 0.05) is 17.5 Å². The third-order valence-corrected chi connectivity index (χ3v) is 4.38. The molecule has 2 aromatic carbocycles. The van der Waals surface area contributed by atoms with Crippen molar-refractivity contribution in [1.82, 2.24) is 15.1 Å². The van der Waals surface area contributed by atoms with Gasteiger partial charge < -0.3 is 5.32 Å². The predicted molar refractivity (Wildman–Crippen MR) is 99.3 cm³/mol. The first kappa shape index (κ1) is 18.2. The van der Waals surface area contributed by atoms with E-state index in [1.165, 1.54) is 0 Å². The van der Waals surface area contributed by atoms with Crippen LogP contribution in [0.15, 0.2) is 59.5 Å². The first-order chi connectivity index (χ1) is 12.6. The van der Waals surface area contributed by atoms with E-state index in [-0.39, 0.29) is 5.91 Å². The standard InChI is InChI=1S/C18H18N4O3S/c1-12-3-5-13(6-4-12)17-11-16(18(23)20-2)21-22(17)14-7-9-15(10-8-14)26-25-24-19/h3-11H,19H2,1-2H3,(H,20,23). The van der Waals surface area contributed by atoms with Crippen molar-refractivity contribution < 1.29 is 14.1 Å². The lowest BCUT2D eigenvalue weighted by Gasteiger charge is -2.08. The number of nitrogens with zero attached hydrogens (tertiary/aromatic N) is 2. The summed E-state index contributed by atoms with van der Waals surface area (Å²) in [5.41, 5.74) is 4.12. The second-order valence-corrected chi connectivity index (χ2v) is 6.29. The maximum atomic E-state index is 12.0. The zero-order valence-electron chi connectivity index (χ0n) is 14.3. The Morgan fingerprint density at radius 2 is 1.85 bits per heavy atom. The first-order valence-corrected chi connectivity index (χ1v) is 8.56. The van der Waals surface area contributed by atoms with E-state index >= 15 is 0 Å². The molecule has 0 atom stereocenters. The number of benzene rings is 2. The van der Waals surface area contributed by atoms with Crippen molar-refractivity contribution in [2.75, 3.05) is 7.05 Å². The fourth-order valence-corrected chi connectivity index (χ4v) is 2.81. The largest absolute Gasteiger partial charge is 0.354 e. The fourth-order valence-electron chi connectivity index (χ4n) is 2.45. The Morgan fingerprint density at radius 1 is 1.15 bits per heavy atom. The number of nitrogens with one attached hydrogen (secondary N) is 1. The number of rotatable bonds is 6. The first-order valence-electron chi connectivity index (χ1n) is 7.82. The lowest BCUT2D eigenvalue weighted by atomic mass is 10.1. The third-order valence-electron chi connectivity index (χ3n) is 3.77. The second kappa shape index (κ2) is 8.15. The molecule has 8 heteroatoms. The minimum atomic E-state index is -0.238. The normalized spacial score (nSPS) is 10.7. The highest BCUT2D eigenvalue weighted by molar-refractivity contribution is 7.94. The molecule has 0 aliphatic rings. The highest BCUT2D eigenvalue weighted by atomic mass is 32.2. The molecule has 7 nitrogen and oxygen atoms in total. The van der Waals surface area contributed by atoms with Crippen LogP contribution < -0.4 is 11.2 Å². The van der Waals surface area contributed by atoms with Crippen molar-refractivity contribution in [2.45, 2.75) is 11.8 Å². The smallest absolute Gasteiger partial charge is 0.271 e. The number of amides is 1. The Bertz CT molecular complexity index is 892. The van der Waals surface area contributed by atoms with Crippen molar-refractivity contribution in [3.8, 4) is 16.9 Å². The van der Waals surface area contributed by atoms with Crippen LogP contribution in [0.4, 0.5) is 0 Å². The maximum Gasteiger partial charge on any atom is 0.271 e. The van der Waals surface area contributed by atoms with Crippen molar-refractivity contribution in [2.24, 2.45) is 5.90 Å². The van der Waals surface area contributed by atoms with E-state index in [0.29, 0.717) is 5.69 Å². The molecule has 0 spiro atoms. The van der Waals surface area contributed by atoms with Crippen LogP contribution in [0.1, 0.15) is 16.1 Å². The van der Waals surface area contributed by atoms with Crippen LogP contribution in [0.2, 0.25) is 0 Å². The van der Waals surface area contributed by atoms with E-state index in [1.54, 1.807) is 17.8 Å². The van der Waals surface area contributed by atoms with E-state index in [0.717, 1.165) is 39.4 Å². The lowest BCUT2D eigenvalue weighted by molar-refractivity contribution is -0.195. The van der Waals surface area contributed by atoms with Gasteiger partial charge in [-0.25, -0.2) is 4.68 Å². The summed E-state index contributed by atoms with van der Waals surface area (Å²) in [5.74, 6) is 4.60. The Labute approximate surface area is 155 Å². The summed E-state index contributed by atoms with van der Waals surface area (Å²) in [5, 5.41) is 7.07. The van der Waals surface area contributed by atoms with Gasteiger partial charge >= 0.3 is 0 Å². The number of aromatic nitrogens is 2. The summed E-state index contributed by atoms with van der Waals surface area (Å²) < 4.78 is 6.38. The molecule has 1 heterocycles. The Hall–Kier alpha value is -2.65. The number of hydrogen-bond acceptors (Lipinski definition) is 6. The van der Waals surface area contributed by atoms with E-state index < -0.39 is 0 Å². The van der Waals surface area contributed by atoms with Gasteiger partial charge in [-0.05, 0) is 37.3 Å². The number of carbonyl (C=O) groups excluding carboxylic acids is 1. The molecular formula is C18H18N4O3S. The average molecular weight is 370 g/mol. The van der Waals surface area contributed by atoms with Gasteiger partial charge in [-0.1, -0.05) is 29.8 Å². The summed E-state index contributed by atoms with van der Waals surface area (Å²) >= 11 is 0.999. The molecule has 0 bridgehead atoms. The van der Waals surface area contributed by atoms with Crippen LogP contribution >= 0.6 is 12.0 Å². The van der Waals surface area contributed by atoms with Gasteiger partial charge in [0.05, 0.1) is 23.4 Å². The molecule has 3 rings (SSSR count). The van der Waals surface area contributed by atoms with Crippen molar-refractivity contribution >= 4 is 17.9 Å². The summed E-state index contributed by atoms with van der Waals surface area (Å²) in [6, 6.07) is 17.3. The minimum absolute atomic E-state index is 0.238. The molecule has 3 aromatic rings. The van der Waals surface area contributed by atoms with E-state index in [9.17, 15) is 4.79 Å². The second-order valence-electron chi connectivity index (χ2n) is 5.51. The molecule has 0 radical (unpaired) electrons. The van der Waals surface area contributed by atoms with Crippen molar-refractivity contribution in [3.05, 3.63) is 65.9 Å². The summed E-state index contributed by atoms with van der Waals surface area (Å²) in [4.78, 5) is 16.9. The van der Waals surface area contributed by atoms with E-state index in [2.05, 4.69) is 19.7 Å². The Balaban J connectivity index is 2.02. The quantitative estimate of drug-likeness (QED) is 0.394. The van der Waals surface area contributed by atoms with Gasteiger partial charge in [0.15, 0.2) is 5.69 Å². The van der Waals surface area contributed by atoms with Crippen LogP contribution in [-0.2, 0) is 9.32 Å². The van der Waals surface area contributed by atoms with E-state index in [4.69, 9.17) is 5.90 Å². The number of nitrogens with two attached hydrogens (primary N) is 1. The molecule has 0 saturated carbocycles. The monoisotopic (exact) mass is 370 g/mol. The predicted octanol–water partition coefficient (Wildman–Crippen LogP) is 3.04. The third kappa shape index (κ3) is 3.94. The minimum Gasteiger partial charge on any atom is -0.354 e. The van der Waals surface area contributed by atoms with Crippen LogP contribution in [0.5, 0.6) is 0 Å². The van der Waals surface area contributed by atoms with Crippen molar-refractivity contribution in [3.63, 3.8) is 0 Å². The van der Waals surface area contributed by atoms with Gasteiger partial charge in [0.2, 0.25) is 0 Å². The Morgan fingerprint density at radius 3 is 2.46 bits per heavy atom. The van der Waals surface area contributed by atoms with Crippen LogP contribution in [-0.4, -0.2) is 22.7 Å². The SMILES string of the molecule is CNC(=O)c1cc(-c2ccc(C)cc2)n(-c2ccc(SOON)cc2)n1. The molecule has 0 fully saturated rings. The van der Waals surface area contributed by atoms with Gasteiger partial charge in [0.1, 0.15) is 0 Å². The zero-order valence-corrected chi connectivity index (χ0v) is 15.1. The van der Waals surface area contributed by atoms with Crippen LogP contribution in [0, 0.1) is 6.92 Å². The molecular weight excluding hydrogens is 352 g/mol. The van der Waals surface area contributed by atoms with Crippen LogP contribution in [0.25, 0.3) is 16.9 Å². The maximum absolute atomic E-state index is 12.0. The summed E-state index contributed by atoms with van der Waals surface area (Å²) in [6.07, 6.45) is 0. The molecule has 0 saturated heterocycles. The molecule has 1 aromatic heterocycles. The number of carbonyl (C=O) groups is 1. The highest BCUT2D eigenvalue weighted by Gasteiger charge is 2.16. The topological polar surface area (TPSA) is 91.4 Å². The molecule has 3 N–H and O–H groups in total. The molecule has 1 amide bonds.